The summed E-state index contributed by atoms with van der Waals surface area (Å²) < 4.78 is 1.95. The van der Waals surface area contributed by atoms with Gasteiger partial charge in [0.05, 0.1) is 12.2 Å². The molecular formula is C16H21N5O. The Kier molecular flexibility index (Phi) is 4.46. The molecular weight excluding hydrogens is 278 g/mol. The van der Waals surface area contributed by atoms with Gasteiger partial charge in [-0.25, -0.2) is 9.67 Å². The maximum Gasteiger partial charge on any atom is 0.223 e. The lowest BCUT2D eigenvalue weighted by Crippen LogP contribution is -2.25. The van der Waals surface area contributed by atoms with Gasteiger partial charge in [0.25, 0.3) is 0 Å². The molecule has 2 aromatic rings. The number of likely N-dealkylation sites (tertiary alicyclic amines) is 1. The van der Waals surface area contributed by atoms with Crippen LogP contribution in [0.1, 0.15) is 43.6 Å². The molecule has 0 aromatic carbocycles. The number of carbonyl (C=O) groups is 1. The van der Waals surface area contributed by atoms with Crippen molar-refractivity contribution in [1.82, 2.24) is 24.6 Å². The largest absolute Gasteiger partial charge is 0.336 e. The van der Waals surface area contributed by atoms with E-state index in [1.165, 1.54) is 0 Å². The van der Waals surface area contributed by atoms with E-state index in [1.807, 2.05) is 27.8 Å². The lowest BCUT2D eigenvalue weighted by Gasteiger charge is -2.16. The first-order chi connectivity index (χ1) is 10.8. The minimum Gasteiger partial charge on any atom is -0.336 e. The summed E-state index contributed by atoms with van der Waals surface area (Å²) in [5.74, 6) is 1.24. The third-order valence-corrected chi connectivity index (χ3v) is 4.03. The van der Waals surface area contributed by atoms with Crippen molar-refractivity contribution in [2.75, 3.05) is 6.54 Å². The molecule has 116 valence electrons. The lowest BCUT2D eigenvalue weighted by molar-refractivity contribution is -0.128. The second-order valence-electron chi connectivity index (χ2n) is 5.69. The number of aryl methyl sites for hydroxylation is 1. The average molecular weight is 299 g/mol. The topological polar surface area (TPSA) is 63.9 Å². The van der Waals surface area contributed by atoms with Gasteiger partial charge >= 0.3 is 0 Å². The fraction of sp³-hybridized carbons (Fsp3) is 0.500. The Morgan fingerprint density at radius 1 is 1.32 bits per heavy atom. The van der Waals surface area contributed by atoms with Crippen molar-refractivity contribution in [3.8, 4) is 0 Å². The van der Waals surface area contributed by atoms with Crippen LogP contribution in [-0.2, 0) is 17.9 Å². The number of rotatable bonds is 6. The second kappa shape index (κ2) is 6.68. The van der Waals surface area contributed by atoms with Crippen LogP contribution in [0.15, 0.2) is 30.7 Å². The van der Waals surface area contributed by atoms with E-state index < -0.39 is 0 Å². The van der Waals surface area contributed by atoms with Crippen LogP contribution in [0.25, 0.3) is 0 Å². The van der Waals surface area contributed by atoms with E-state index in [4.69, 9.17) is 0 Å². The van der Waals surface area contributed by atoms with Gasteiger partial charge in [-0.1, -0.05) is 19.4 Å². The van der Waals surface area contributed by atoms with Crippen molar-refractivity contribution in [3.05, 3.63) is 42.2 Å². The molecule has 1 saturated heterocycles. The predicted octanol–water partition coefficient (Wildman–Crippen LogP) is 1.99. The van der Waals surface area contributed by atoms with Crippen LogP contribution in [0, 0.1) is 0 Å². The highest BCUT2D eigenvalue weighted by Crippen LogP contribution is 2.27. The highest BCUT2D eigenvalue weighted by molar-refractivity contribution is 5.79. The summed E-state index contributed by atoms with van der Waals surface area (Å²) in [6.45, 7) is 4.29. The fourth-order valence-corrected chi connectivity index (χ4v) is 2.85. The number of hydrogen-bond acceptors (Lipinski definition) is 4. The zero-order valence-corrected chi connectivity index (χ0v) is 12.9. The molecule has 0 bridgehead atoms. The molecule has 6 heteroatoms. The minimum absolute atomic E-state index is 0.135. The fourth-order valence-electron chi connectivity index (χ4n) is 2.85. The number of pyridine rings is 1. The van der Waals surface area contributed by atoms with Gasteiger partial charge < -0.3 is 4.90 Å². The monoisotopic (exact) mass is 299 g/mol. The van der Waals surface area contributed by atoms with Crippen molar-refractivity contribution in [2.45, 2.75) is 45.2 Å². The Bertz CT molecular complexity index is 624. The van der Waals surface area contributed by atoms with Gasteiger partial charge in [-0.05, 0) is 18.6 Å². The maximum absolute atomic E-state index is 12.3. The molecule has 0 radical (unpaired) electrons. The summed E-state index contributed by atoms with van der Waals surface area (Å²) in [5.41, 5.74) is 0.920. The number of carbonyl (C=O) groups excluding carboxylic acids is 1. The molecule has 1 atom stereocenters. The lowest BCUT2D eigenvalue weighted by atomic mass is 10.1. The molecule has 3 heterocycles. The van der Waals surface area contributed by atoms with Crippen LogP contribution in [0.2, 0.25) is 0 Å². The number of amides is 1. The molecule has 1 amide bonds. The van der Waals surface area contributed by atoms with Crippen LogP contribution < -0.4 is 0 Å². The molecule has 0 aliphatic carbocycles. The third kappa shape index (κ3) is 3.16. The van der Waals surface area contributed by atoms with Crippen molar-refractivity contribution < 1.29 is 4.79 Å². The molecule has 0 saturated carbocycles. The highest BCUT2D eigenvalue weighted by Gasteiger charge is 2.33. The Morgan fingerprint density at radius 2 is 2.23 bits per heavy atom. The SMILES string of the molecule is CCCCn1ncnc1[C@H]1CC(=O)N(Cc2ccccn2)C1. The van der Waals surface area contributed by atoms with E-state index in [0.29, 0.717) is 19.5 Å². The molecule has 1 aliphatic rings. The van der Waals surface area contributed by atoms with Crippen molar-refractivity contribution in [2.24, 2.45) is 0 Å². The summed E-state index contributed by atoms with van der Waals surface area (Å²) in [6, 6.07) is 5.78. The Balaban J connectivity index is 1.68. The van der Waals surface area contributed by atoms with E-state index in [1.54, 1.807) is 12.5 Å². The Hall–Kier alpha value is -2.24. The molecule has 1 aliphatic heterocycles. The van der Waals surface area contributed by atoms with Gasteiger partial charge in [0.15, 0.2) is 0 Å². The maximum atomic E-state index is 12.3. The number of unbranched alkanes of at least 4 members (excludes halogenated alkanes) is 1. The van der Waals surface area contributed by atoms with Gasteiger partial charge in [0.1, 0.15) is 12.2 Å². The van der Waals surface area contributed by atoms with Gasteiger partial charge in [-0.15, -0.1) is 0 Å². The summed E-state index contributed by atoms with van der Waals surface area (Å²) >= 11 is 0. The number of hydrogen-bond donors (Lipinski definition) is 0. The van der Waals surface area contributed by atoms with Gasteiger partial charge in [-0.3, -0.25) is 9.78 Å². The Labute approximate surface area is 130 Å². The van der Waals surface area contributed by atoms with E-state index in [-0.39, 0.29) is 11.8 Å². The summed E-state index contributed by atoms with van der Waals surface area (Å²) in [4.78, 5) is 22.8. The number of nitrogens with zero attached hydrogens (tertiary/aromatic N) is 5. The van der Waals surface area contributed by atoms with Crippen molar-refractivity contribution in [3.63, 3.8) is 0 Å². The summed E-state index contributed by atoms with van der Waals surface area (Å²) in [5, 5.41) is 4.30. The quantitative estimate of drug-likeness (QED) is 0.818. The van der Waals surface area contributed by atoms with Gasteiger partial charge in [0.2, 0.25) is 5.91 Å². The van der Waals surface area contributed by atoms with E-state index in [2.05, 4.69) is 22.0 Å². The van der Waals surface area contributed by atoms with Crippen LogP contribution >= 0.6 is 0 Å². The van der Waals surface area contributed by atoms with Crippen LogP contribution in [0.3, 0.4) is 0 Å². The molecule has 6 nitrogen and oxygen atoms in total. The molecule has 0 unspecified atom stereocenters. The summed E-state index contributed by atoms with van der Waals surface area (Å²) in [6.07, 6.45) is 6.06. The first-order valence-corrected chi connectivity index (χ1v) is 7.83. The smallest absolute Gasteiger partial charge is 0.223 e. The van der Waals surface area contributed by atoms with E-state index in [0.717, 1.165) is 30.9 Å². The van der Waals surface area contributed by atoms with Gasteiger partial charge in [0, 0.05) is 31.6 Å². The standard InChI is InChI=1S/C16H21N5O/c1-2-3-8-21-16(18-12-19-21)13-9-15(22)20(10-13)11-14-6-4-5-7-17-14/h4-7,12-13H,2-3,8-11H2,1H3/t13-/m0/s1. The summed E-state index contributed by atoms with van der Waals surface area (Å²) in [7, 11) is 0. The number of aromatic nitrogens is 4. The van der Waals surface area contributed by atoms with Crippen molar-refractivity contribution >= 4 is 5.91 Å². The third-order valence-electron chi connectivity index (χ3n) is 4.03. The molecule has 2 aromatic heterocycles. The van der Waals surface area contributed by atoms with Crippen LogP contribution in [0.5, 0.6) is 0 Å². The molecule has 22 heavy (non-hydrogen) atoms. The molecule has 0 N–H and O–H groups in total. The van der Waals surface area contributed by atoms with Crippen LogP contribution in [0.4, 0.5) is 0 Å². The zero-order chi connectivity index (χ0) is 15.4. The molecule has 1 fully saturated rings. The second-order valence-corrected chi connectivity index (χ2v) is 5.69. The van der Waals surface area contributed by atoms with Crippen LogP contribution in [-0.4, -0.2) is 37.1 Å². The average Bonchev–Trinajstić information content (AvgIpc) is 3.13. The van der Waals surface area contributed by atoms with Crippen molar-refractivity contribution in [1.29, 1.82) is 0 Å². The molecule has 3 rings (SSSR count). The van der Waals surface area contributed by atoms with Gasteiger partial charge in [-0.2, -0.15) is 5.10 Å². The predicted molar refractivity (Wildman–Crippen MR) is 81.9 cm³/mol. The first kappa shape index (κ1) is 14.7. The normalized spacial score (nSPS) is 18.1. The zero-order valence-electron chi connectivity index (χ0n) is 12.9. The Morgan fingerprint density at radius 3 is 3.00 bits per heavy atom. The minimum atomic E-state index is 0.135. The molecule has 0 spiro atoms. The van der Waals surface area contributed by atoms with E-state index in [9.17, 15) is 4.79 Å². The van der Waals surface area contributed by atoms with E-state index >= 15 is 0 Å². The highest BCUT2D eigenvalue weighted by atomic mass is 16.2. The first-order valence-electron chi connectivity index (χ1n) is 7.83.